The monoisotopic (exact) mass is 215 g/mol. The van der Waals surface area contributed by atoms with Gasteiger partial charge in [-0.25, -0.2) is 0 Å². The number of methoxy groups -OCH3 is 1. The summed E-state index contributed by atoms with van der Waals surface area (Å²) in [6, 6.07) is 8.41. The number of carbonyl (C=O) groups is 1. The molecule has 1 rings (SSSR count). The Labute approximate surface area is 93.1 Å². The molecule has 0 saturated carbocycles. The second kappa shape index (κ2) is 5.38. The van der Waals surface area contributed by atoms with Crippen LogP contribution >= 0.6 is 0 Å². The molecular formula is C11H9N3O2. The van der Waals surface area contributed by atoms with Gasteiger partial charge in [0.25, 0.3) is 0 Å². The molecule has 0 radical (unpaired) electrons. The molecule has 0 saturated heterocycles. The highest BCUT2D eigenvalue weighted by molar-refractivity contribution is 5.77. The van der Waals surface area contributed by atoms with Gasteiger partial charge in [0, 0.05) is 0 Å². The second-order valence-electron chi connectivity index (χ2n) is 2.92. The van der Waals surface area contributed by atoms with Crippen LogP contribution in [-0.4, -0.2) is 19.6 Å². The third-order valence-corrected chi connectivity index (χ3v) is 1.92. The van der Waals surface area contributed by atoms with E-state index in [1.807, 2.05) is 12.3 Å². The van der Waals surface area contributed by atoms with Crippen molar-refractivity contribution in [1.82, 2.24) is 0 Å². The van der Waals surface area contributed by atoms with E-state index in [1.165, 1.54) is 13.2 Å². The molecule has 1 aromatic carbocycles. The molecule has 0 spiro atoms. The molecule has 0 N–H and O–H groups in total. The zero-order valence-corrected chi connectivity index (χ0v) is 8.67. The van der Waals surface area contributed by atoms with Gasteiger partial charge < -0.3 is 4.74 Å². The number of esters is 1. The molecule has 1 aromatic rings. The summed E-state index contributed by atoms with van der Waals surface area (Å²) >= 11 is 0. The molecule has 0 unspecified atom stereocenters. The first-order valence-corrected chi connectivity index (χ1v) is 4.45. The Bertz CT molecular complexity index is 471. The summed E-state index contributed by atoms with van der Waals surface area (Å²) in [4.78, 5) is 12.2. The molecule has 0 aliphatic rings. The van der Waals surface area contributed by atoms with Crippen LogP contribution in [0.1, 0.15) is 5.56 Å². The maximum absolute atomic E-state index is 11.0. The van der Waals surface area contributed by atoms with E-state index in [2.05, 4.69) is 4.74 Å². The molecule has 0 aliphatic heterocycles. The lowest BCUT2D eigenvalue weighted by atomic mass is 10.2. The van der Waals surface area contributed by atoms with E-state index in [9.17, 15) is 4.79 Å². The fourth-order valence-corrected chi connectivity index (χ4v) is 1.12. The fraction of sp³-hybridized carbons (Fsp3) is 0.182. The third kappa shape index (κ3) is 2.73. The van der Waals surface area contributed by atoms with E-state index in [0.29, 0.717) is 11.3 Å². The minimum absolute atomic E-state index is 0.165. The van der Waals surface area contributed by atoms with Gasteiger partial charge in [-0.15, -0.1) is 0 Å². The topological polar surface area (TPSA) is 77.1 Å². The Morgan fingerprint density at radius 2 is 2.25 bits per heavy atom. The fourth-order valence-electron chi connectivity index (χ4n) is 1.12. The molecular weight excluding hydrogens is 206 g/mol. The molecule has 0 fully saturated rings. The Hall–Kier alpha value is -2.53. The Kier molecular flexibility index (Phi) is 3.88. The first kappa shape index (κ1) is 11.5. The summed E-state index contributed by atoms with van der Waals surface area (Å²) < 4.78 is 4.46. The van der Waals surface area contributed by atoms with Crippen LogP contribution in [0.25, 0.3) is 0 Å². The largest absolute Gasteiger partial charge is 0.468 e. The standard InChI is InChI=1S/C11H9N3O2/c1-16-11(15)7-14(8-13)10-4-2-3-9(5-10)6-12/h2-5H,7H2,1H3. The third-order valence-electron chi connectivity index (χ3n) is 1.92. The number of benzene rings is 1. The van der Waals surface area contributed by atoms with Crippen LogP contribution in [0.15, 0.2) is 24.3 Å². The summed E-state index contributed by atoms with van der Waals surface area (Å²) in [7, 11) is 1.25. The summed E-state index contributed by atoms with van der Waals surface area (Å²) in [6.45, 7) is -0.165. The average molecular weight is 215 g/mol. The molecule has 5 nitrogen and oxygen atoms in total. The summed E-state index contributed by atoms with van der Waals surface area (Å²) in [5, 5.41) is 17.6. The number of nitriles is 2. The lowest BCUT2D eigenvalue weighted by Gasteiger charge is -2.13. The molecule has 0 amide bonds. The highest BCUT2D eigenvalue weighted by Crippen LogP contribution is 2.14. The minimum atomic E-state index is -0.510. The SMILES string of the molecule is COC(=O)CN(C#N)c1cccc(C#N)c1. The zero-order valence-electron chi connectivity index (χ0n) is 8.67. The smallest absolute Gasteiger partial charge is 0.326 e. The first-order chi connectivity index (χ1) is 7.71. The Morgan fingerprint density at radius 1 is 1.50 bits per heavy atom. The van der Waals surface area contributed by atoms with Gasteiger partial charge >= 0.3 is 5.97 Å². The second-order valence-corrected chi connectivity index (χ2v) is 2.92. The quantitative estimate of drug-likeness (QED) is 0.427. The van der Waals surface area contributed by atoms with Crippen LogP contribution in [0, 0.1) is 22.8 Å². The van der Waals surface area contributed by atoms with Gasteiger partial charge in [0.1, 0.15) is 6.54 Å². The van der Waals surface area contributed by atoms with E-state index < -0.39 is 5.97 Å². The molecule has 0 aliphatic carbocycles. The van der Waals surface area contributed by atoms with Crippen molar-refractivity contribution in [2.45, 2.75) is 0 Å². The molecule has 5 heteroatoms. The molecule has 16 heavy (non-hydrogen) atoms. The average Bonchev–Trinajstić information content (AvgIpc) is 2.35. The predicted octanol–water partition coefficient (Wildman–Crippen LogP) is 1.02. The predicted molar refractivity (Wildman–Crippen MR) is 56.1 cm³/mol. The number of hydrogen-bond donors (Lipinski definition) is 0. The van der Waals surface area contributed by atoms with Crippen LogP contribution in [0.4, 0.5) is 5.69 Å². The van der Waals surface area contributed by atoms with Crippen LogP contribution in [0.2, 0.25) is 0 Å². The normalized spacial score (nSPS) is 8.69. The maximum Gasteiger partial charge on any atom is 0.326 e. The number of hydrogen-bond acceptors (Lipinski definition) is 5. The molecule has 0 bridgehead atoms. The van der Waals surface area contributed by atoms with Crippen molar-refractivity contribution in [2.24, 2.45) is 0 Å². The summed E-state index contributed by atoms with van der Waals surface area (Å²) in [5.41, 5.74) is 0.926. The highest BCUT2D eigenvalue weighted by Gasteiger charge is 2.11. The summed E-state index contributed by atoms with van der Waals surface area (Å²) in [6.07, 6.45) is 1.86. The van der Waals surface area contributed by atoms with Crippen LogP contribution in [0.5, 0.6) is 0 Å². The summed E-state index contributed by atoms with van der Waals surface area (Å²) in [5.74, 6) is -0.510. The van der Waals surface area contributed by atoms with Gasteiger partial charge in [-0.1, -0.05) is 6.07 Å². The number of rotatable bonds is 3. The van der Waals surface area contributed by atoms with Crippen LogP contribution < -0.4 is 4.90 Å². The number of carbonyl (C=O) groups excluding carboxylic acids is 1. The minimum Gasteiger partial charge on any atom is -0.468 e. The van der Waals surface area contributed by atoms with Crippen molar-refractivity contribution >= 4 is 11.7 Å². The van der Waals surface area contributed by atoms with E-state index >= 15 is 0 Å². The van der Waals surface area contributed by atoms with Gasteiger partial charge in [0.2, 0.25) is 0 Å². The van der Waals surface area contributed by atoms with E-state index in [4.69, 9.17) is 10.5 Å². The maximum atomic E-state index is 11.0. The van der Waals surface area contributed by atoms with Crippen molar-refractivity contribution in [1.29, 1.82) is 10.5 Å². The lowest BCUT2D eigenvalue weighted by Crippen LogP contribution is -2.25. The van der Waals surface area contributed by atoms with Gasteiger partial charge in [0.15, 0.2) is 6.19 Å². The van der Waals surface area contributed by atoms with Crippen molar-refractivity contribution in [2.75, 3.05) is 18.6 Å². The number of anilines is 1. The zero-order chi connectivity index (χ0) is 12.0. The van der Waals surface area contributed by atoms with Crippen molar-refractivity contribution in [3.8, 4) is 12.3 Å². The van der Waals surface area contributed by atoms with Crippen LogP contribution in [0.3, 0.4) is 0 Å². The van der Waals surface area contributed by atoms with E-state index in [1.54, 1.807) is 18.2 Å². The number of nitrogens with zero attached hydrogens (tertiary/aromatic N) is 3. The molecule has 80 valence electrons. The first-order valence-electron chi connectivity index (χ1n) is 4.45. The lowest BCUT2D eigenvalue weighted by molar-refractivity contribution is -0.138. The van der Waals surface area contributed by atoms with Crippen LogP contribution in [-0.2, 0) is 9.53 Å². The van der Waals surface area contributed by atoms with Gasteiger partial charge in [-0.3, -0.25) is 9.69 Å². The molecule has 0 aromatic heterocycles. The van der Waals surface area contributed by atoms with Gasteiger partial charge in [-0.2, -0.15) is 10.5 Å². The van der Waals surface area contributed by atoms with Crippen molar-refractivity contribution < 1.29 is 9.53 Å². The highest BCUT2D eigenvalue weighted by atomic mass is 16.5. The Balaban J connectivity index is 2.92. The molecule has 0 heterocycles. The van der Waals surface area contributed by atoms with E-state index in [-0.39, 0.29) is 6.54 Å². The van der Waals surface area contributed by atoms with Crippen molar-refractivity contribution in [3.05, 3.63) is 29.8 Å². The van der Waals surface area contributed by atoms with E-state index in [0.717, 1.165) is 4.90 Å². The van der Waals surface area contributed by atoms with Crippen molar-refractivity contribution in [3.63, 3.8) is 0 Å². The van der Waals surface area contributed by atoms with Gasteiger partial charge in [-0.05, 0) is 18.2 Å². The van der Waals surface area contributed by atoms with Gasteiger partial charge in [0.05, 0.1) is 24.4 Å². The Morgan fingerprint density at radius 3 is 2.81 bits per heavy atom. The number of ether oxygens (including phenoxy) is 1. The molecule has 0 atom stereocenters.